The van der Waals surface area contributed by atoms with E-state index < -0.39 is 13.7 Å². The predicted molar refractivity (Wildman–Crippen MR) is 163 cm³/mol. The van der Waals surface area contributed by atoms with Crippen molar-refractivity contribution in [2.75, 3.05) is 37.9 Å². The van der Waals surface area contributed by atoms with Gasteiger partial charge in [-0.25, -0.2) is 14.5 Å². The lowest BCUT2D eigenvalue weighted by Gasteiger charge is -2.52. The van der Waals surface area contributed by atoms with Gasteiger partial charge in [0, 0.05) is 58.4 Å². The van der Waals surface area contributed by atoms with Crippen molar-refractivity contribution in [1.82, 2.24) is 14.4 Å². The Balaban J connectivity index is 1.23. The van der Waals surface area contributed by atoms with Crippen molar-refractivity contribution in [2.45, 2.75) is 90.2 Å². The average molecular weight is 583 g/mol. The van der Waals surface area contributed by atoms with Crippen LogP contribution in [-0.2, 0) is 14.3 Å². The molecule has 1 spiro atoms. The average Bonchev–Trinajstić information content (AvgIpc) is 3.29. The monoisotopic (exact) mass is 582 g/mol. The number of amides is 4. The Hall–Kier alpha value is -2.85. The molecule has 2 aliphatic heterocycles. The predicted octanol–water partition coefficient (Wildman–Crippen LogP) is 6.46. The molecule has 1 aromatic carbocycles. The standard InChI is InChI=1S/C31H46N4O5Si/c1-30(2,3)40-29(38)32-16-12-31(13-17-32)20-23(21-31)33-14-10-24-25(33)8-7-9-26(24)34-15-11-27(36)35(28(34)37)22-39-18-19-41(4,5)6/h7-10,14,23H,11-13,15-22H2,1-6H3. The van der Waals surface area contributed by atoms with Gasteiger partial charge >= 0.3 is 12.1 Å². The second-order valence-corrected chi connectivity index (χ2v) is 19.9. The fourth-order valence-corrected chi connectivity index (χ4v) is 7.09. The summed E-state index contributed by atoms with van der Waals surface area (Å²) in [6, 6.07) is 9.26. The molecule has 0 atom stereocenters. The number of carbonyl (C=O) groups excluding carboxylic acids is 3. The lowest BCUT2D eigenvalue weighted by atomic mass is 9.60. The molecule has 1 aromatic heterocycles. The molecule has 1 saturated carbocycles. The maximum absolute atomic E-state index is 13.4. The van der Waals surface area contributed by atoms with Crippen molar-refractivity contribution in [1.29, 1.82) is 0 Å². The Bertz CT molecular complexity index is 1290. The number of hydrogen-bond acceptors (Lipinski definition) is 5. The summed E-state index contributed by atoms with van der Waals surface area (Å²) in [5.41, 5.74) is 1.74. The number of rotatable bonds is 7. The minimum absolute atomic E-state index is 0.00511. The highest BCUT2D eigenvalue weighted by molar-refractivity contribution is 6.76. The molecule has 2 saturated heterocycles. The van der Waals surface area contributed by atoms with Gasteiger partial charge in [-0.3, -0.25) is 9.69 Å². The first kappa shape index (κ1) is 29.6. The SMILES string of the molecule is CC(C)(C)OC(=O)N1CCC2(CC1)CC(n1ccc3c(N4CCC(=O)N(COCC[Si](C)(C)C)C4=O)cccc31)C2. The van der Waals surface area contributed by atoms with Crippen LogP contribution in [-0.4, -0.2) is 79.0 Å². The van der Waals surface area contributed by atoms with Crippen LogP contribution in [0.15, 0.2) is 30.5 Å². The van der Waals surface area contributed by atoms with Gasteiger partial charge < -0.3 is 18.9 Å². The van der Waals surface area contributed by atoms with Gasteiger partial charge in [0.15, 0.2) is 0 Å². The fraction of sp³-hybridized carbons (Fsp3) is 0.645. The van der Waals surface area contributed by atoms with Gasteiger partial charge in [0.2, 0.25) is 5.91 Å². The van der Waals surface area contributed by atoms with E-state index in [0.29, 0.717) is 19.2 Å². The Morgan fingerprint density at radius 3 is 2.41 bits per heavy atom. The minimum Gasteiger partial charge on any atom is -0.444 e. The zero-order valence-electron chi connectivity index (χ0n) is 25.6. The first-order valence-corrected chi connectivity index (χ1v) is 18.7. The molecule has 0 N–H and O–H groups in total. The third-order valence-corrected chi connectivity index (χ3v) is 10.5. The molecule has 41 heavy (non-hydrogen) atoms. The van der Waals surface area contributed by atoms with E-state index in [2.05, 4.69) is 42.5 Å². The van der Waals surface area contributed by atoms with Crippen LogP contribution in [0, 0.1) is 5.41 Å². The molecular formula is C31H46N4O5Si. The molecule has 9 nitrogen and oxygen atoms in total. The van der Waals surface area contributed by atoms with Crippen LogP contribution in [0.4, 0.5) is 15.3 Å². The topological polar surface area (TPSA) is 84.3 Å². The number of hydrogen-bond donors (Lipinski definition) is 0. The summed E-state index contributed by atoms with van der Waals surface area (Å²) < 4.78 is 13.7. The van der Waals surface area contributed by atoms with Gasteiger partial charge in [-0.15, -0.1) is 0 Å². The quantitative estimate of drug-likeness (QED) is 0.276. The van der Waals surface area contributed by atoms with Gasteiger partial charge in [0.25, 0.3) is 0 Å². The van der Waals surface area contributed by atoms with E-state index in [9.17, 15) is 14.4 Å². The number of likely N-dealkylation sites (tertiary alicyclic amines) is 1. The second-order valence-electron chi connectivity index (χ2n) is 14.3. The number of piperidine rings is 1. The van der Waals surface area contributed by atoms with Gasteiger partial charge in [0.05, 0.1) is 11.2 Å². The van der Waals surface area contributed by atoms with Crippen LogP contribution in [0.25, 0.3) is 10.9 Å². The molecule has 0 unspecified atom stereocenters. The lowest BCUT2D eigenvalue weighted by molar-refractivity contribution is -0.133. The second kappa shape index (κ2) is 11.1. The van der Waals surface area contributed by atoms with E-state index in [0.717, 1.165) is 61.4 Å². The Labute approximate surface area is 244 Å². The molecule has 3 fully saturated rings. The highest BCUT2D eigenvalue weighted by Gasteiger charge is 2.47. The molecular weight excluding hydrogens is 536 g/mol. The van der Waals surface area contributed by atoms with Crippen LogP contribution in [0.2, 0.25) is 25.7 Å². The van der Waals surface area contributed by atoms with E-state index >= 15 is 0 Å². The van der Waals surface area contributed by atoms with Crippen LogP contribution in [0.1, 0.15) is 58.9 Å². The molecule has 0 bridgehead atoms. The molecule has 1 aliphatic carbocycles. The summed E-state index contributed by atoms with van der Waals surface area (Å²) in [5.74, 6) is -0.179. The number of nitrogens with zero attached hydrogens (tertiary/aromatic N) is 4. The largest absolute Gasteiger partial charge is 0.444 e. The molecule has 3 heterocycles. The number of imide groups is 1. The number of aromatic nitrogens is 1. The zero-order chi connectivity index (χ0) is 29.6. The Morgan fingerprint density at radius 2 is 1.76 bits per heavy atom. The van der Waals surface area contributed by atoms with E-state index in [1.54, 1.807) is 4.90 Å². The van der Waals surface area contributed by atoms with Crippen molar-refractivity contribution in [3.8, 4) is 0 Å². The fourth-order valence-electron chi connectivity index (χ4n) is 6.34. The van der Waals surface area contributed by atoms with Crippen LogP contribution < -0.4 is 4.90 Å². The lowest BCUT2D eigenvalue weighted by Crippen LogP contribution is -2.53. The van der Waals surface area contributed by atoms with Crippen LogP contribution >= 0.6 is 0 Å². The highest BCUT2D eigenvalue weighted by Crippen LogP contribution is 2.55. The molecule has 3 aliphatic rings. The van der Waals surface area contributed by atoms with Crippen LogP contribution in [0.5, 0.6) is 0 Å². The number of fused-ring (bicyclic) bond motifs is 1. The van der Waals surface area contributed by atoms with E-state index in [1.165, 1.54) is 4.90 Å². The maximum atomic E-state index is 13.4. The first-order valence-electron chi connectivity index (χ1n) is 15.0. The number of urea groups is 1. The molecule has 2 aromatic rings. The van der Waals surface area contributed by atoms with Gasteiger partial charge in [-0.2, -0.15) is 0 Å². The van der Waals surface area contributed by atoms with Gasteiger partial charge in [-0.05, 0) is 76.1 Å². The molecule has 5 rings (SSSR count). The summed E-state index contributed by atoms with van der Waals surface area (Å²) in [5, 5.41) is 1.02. The third kappa shape index (κ3) is 6.48. The van der Waals surface area contributed by atoms with Gasteiger partial charge in [-0.1, -0.05) is 25.7 Å². The molecule has 10 heteroatoms. The molecule has 4 amide bonds. The van der Waals surface area contributed by atoms with Crippen molar-refractivity contribution >= 4 is 42.7 Å². The van der Waals surface area contributed by atoms with E-state index in [1.807, 2.05) is 37.8 Å². The summed E-state index contributed by atoms with van der Waals surface area (Å²) in [6.07, 6.45) is 6.38. The van der Waals surface area contributed by atoms with Gasteiger partial charge in [0.1, 0.15) is 12.3 Å². The molecule has 224 valence electrons. The molecule has 0 radical (unpaired) electrons. The van der Waals surface area contributed by atoms with E-state index in [4.69, 9.17) is 9.47 Å². The maximum Gasteiger partial charge on any atom is 0.410 e. The zero-order valence-corrected chi connectivity index (χ0v) is 26.6. The highest BCUT2D eigenvalue weighted by atomic mass is 28.3. The Morgan fingerprint density at radius 1 is 1.05 bits per heavy atom. The van der Waals surface area contributed by atoms with Crippen molar-refractivity contribution < 1.29 is 23.9 Å². The van der Waals surface area contributed by atoms with Crippen LogP contribution in [0.3, 0.4) is 0 Å². The van der Waals surface area contributed by atoms with Crippen molar-refractivity contribution in [2.24, 2.45) is 5.41 Å². The number of ether oxygens (including phenoxy) is 2. The van der Waals surface area contributed by atoms with E-state index in [-0.39, 0.29) is 36.6 Å². The number of anilines is 1. The van der Waals surface area contributed by atoms with Crippen molar-refractivity contribution in [3.05, 3.63) is 30.5 Å². The summed E-state index contributed by atoms with van der Waals surface area (Å²) >= 11 is 0. The minimum atomic E-state index is -1.26. The summed E-state index contributed by atoms with van der Waals surface area (Å²) in [4.78, 5) is 43.4. The normalized spacial score (nSPS) is 20.2. The summed E-state index contributed by atoms with van der Waals surface area (Å²) in [7, 11) is -1.26. The number of carbonyl (C=O) groups is 3. The third-order valence-electron chi connectivity index (χ3n) is 8.77. The summed E-state index contributed by atoms with van der Waals surface area (Å²) in [6.45, 7) is 15.0. The smallest absolute Gasteiger partial charge is 0.410 e. The van der Waals surface area contributed by atoms with Crippen molar-refractivity contribution in [3.63, 3.8) is 0 Å². The first-order chi connectivity index (χ1) is 19.3. The Kier molecular flexibility index (Phi) is 8.02. The number of benzene rings is 1.